The minimum absolute atomic E-state index is 0.0592. The van der Waals surface area contributed by atoms with Crippen LogP contribution in [0.25, 0.3) is 0 Å². The van der Waals surface area contributed by atoms with Crippen LogP contribution in [0.1, 0.15) is 79.4 Å². The Morgan fingerprint density at radius 1 is 1.04 bits per heavy atom. The van der Waals surface area contributed by atoms with Crippen molar-refractivity contribution in [1.82, 2.24) is 15.1 Å². The molecule has 280 valence electrons. The predicted octanol–water partition coefficient (Wildman–Crippen LogP) is 4.69. The fraction of sp³-hybridized carbons (Fsp3) is 0.641. The smallest absolute Gasteiger partial charge is 0.313 e. The average Bonchev–Trinajstić information content (AvgIpc) is 3.63. The van der Waals surface area contributed by atoms with E-state index in [4.69, 9.17) is 14.2 Å². The molecule has 5 bridgehead atoms. The molecule has 51 heavy (non-hydrogen) atoms. The normalized spacial score (nSPS) is 31.8. The van der Waals surface area contributed by atoms with E-state index in [9.17, 15) is 19.5 Å². The van der Waals surface area contributed by atoms with Gasteiger partial charge in [-0.25, -0.2) is 0 Å². The van der Waals surface area contributed by atoms with Crippen LogP contribution in [0.15, 0.2) is 53.0 Å². The summed E-state index contributed by atoms with van der Waals surface area (Å²) < 4.78 is 19.1. The van der Waals surface area contributed by atoms with E-state index in [1.807, 2.05) is 70.2 Å². The van der Waals surface area contributed by atoms with E-state index < -0.39 is 65.2 Å². The number of hydrogen-bond donors (Lipinski definition) is 2. The van der Waals surface area contributed by atoms with Crippen LogP contribution in [0.4, 0.5) is 0 Å². The Labute approximate surface area is 310 Å². The highest BCUT2D eigenvalue weighted by Crippen LogP contribution is 2.60. The standard InChI is InChI=1S/C39H54BrN3O8/c1-23(2)27(20-44)43-33-35(47)42(38(6,7)22-37(3,4)5)18-14-10-13-17-28(45)41-26(21-49-8)31(24-15-11-9-12-16-24)50-36(48)29-30(34(43)46)39(33)19-25(40)32(29)51-39/h9-12,14-16,19,23,26-27,29-33,44H,13,17-18,20-22H2,1-8H3,(H,41,45)/b14-10-/t26-,27-,29+,30-,31-,32+,33+,39-/m0/s1. The molecule has 12 heteroatoms. The van der Waals surface area contributed by atoms with Crippen molar-refractivity contribution in [1.29, 1.82) is 0 Å². The number of carbonyl (C=O) groups excluding carboxylic acids is 4. The molecule has 4 aliphatic rings. The molecule has 1 aromatic rings. The van der Waals surface area contributed by atoms with E-state index in [-0.39, 0.29) is 49.3 Å². The van der Waals surface area contributed by atoms with E-state index in [0.29, 0.717) is 22.9 Å². The summed E-state index contributed by atoms with van der Waals surface area (Å²) >= 11 is 3.64. The van der Waals surface area contributed by atoms with Gasteiger partial charge in [-0.2, -0.15) is 0 Å². The van der Waals surface area contributed by atoms with Crippen molar-refractivity contribution in [3.05, 3.63) is 58.6 Å². The van der Waals surface area contributed by atoms with Crippen LogP contribution >= 0.6 is 15.9 Å². The predicted molar refractivity (Wildman–Crippen MR) is 195 cm³/mol. The van der Waals surface area contributed by atoms with Gasteiger partial charge in [0, 0.05) is 30.1 Å². The van der Waals surface area contributed by atoms with Crippen LogP contribution in [-0.4, -0.2) is 101 Å². The van der Waals surface area contributed by atoms with E-state index >= 15 is 4.79 Å². The summed E-state index contributed by atoms with van der Waals surface area (Å²) in [6.07, 6.45) is 4.95. The molecule has 2 fully saturated rings. The maximum absolute atomic E-state index is 15.3. The SMILES string of the molecule is COC[C@@H]1NC(=O)CC/C=C\CN(C(C)(C)CC(C)(C)C)C(=O)[C@H]2N([C@@H](CO)C(C)C)C(=O)[C@@H]3[C@@H](C(=O)O[C@H]1c1ccccc1)[C@@H]1O[C@@]32C=C1Br. The molecule has 0 unspecified atom stereocenters. The number of ether oxygens (including phenoxy) is 3. The average molecular weight is 773 g/mol. The first-order chi connectivity index (χ1) is 24.0. The van der Waals surface area contributed by atoms with Crippen LogP contribution < -0.4 is 5.32 Å². The van der Waals surface area contributed by atoms with Gasteiger partial charge in [0.2, 0.25) is 17.7 Å². The summed E-state index contributed by atoms with van der Waals surface area (Å²) in [5.74, 6) is -4.13. The molecular weight excluding hydrogens is 718 g/mol. The lowest BCUT2D eigenvalue weighted by Gasteiger charge is -2.46. The maximum Gasteiger partial charge on any atom is 0.313 e. The number of hydrogen-bond acceptors (Lipinski definition) is 8. The minimum Gasteiger partial charge on any atom is -0.455 e. The molecule has 11 nitrogen and oxygen atoms in total. The zero-order valence-electron chi connectivity index (χ0n) is 31.1. The fourth-order valence-corrected chi connectivity index (χ4v) is 9.50. The maximum atomic E-state index is 15.3. The number of allylic oxidation sites excluding steroid dienone is 1. The van der Waals surface area contributed by atoms with Crippen molar-refractivity contribution in [3.63, 3.8) is 0 Å². The zero-order valence-corrected chi connectivity index (χ0v) is 32.6. The molecule has 0 radical (unpaired) electrons. The molecule has 1 spiro atoms. The third-order valence-electron chi connectivity index (χ3n) is 10.6. The molecule has 0 aliphatic carbocycles. The van der Waals surface area contributed by atoms with Gasteiger partial charge in [0.15, 0.2) is 0 Å². The van der Waals surface area contributed by atoms with Crippen LogP contribution in [0.5, 0.6) is 0 Å². The summed E-state index contributed by atoms with van der Waals surface area (Å²) in [4.78, 5) is 61.4. The van der Waals surface area contributed by atoms with Gasteiger partial charge >= 0.3 is 5.97 Å². The molecule has 2 saturated heterocycles. The van der Waals surface area contributed by atoms with Crippen LogP contribution in [0.2, 0.25) is 0 Å². The Balaban J connectivity index is 1.69. The summed E-state index contributed by atoms with van der Waals surface area (Å²) in [5, 5.41) is 13.8. The first-order valence-electron chi connectivity index (χ1n) is 18.0. The number of benzene rings is 1. The lowest BCUT2D eigenvalue weighted by atomic mass is 9.74. The van der Waals surface area contributed by atoms with E-state index in [1.54, 1.807) is 11.0 Å². The summed E-state index contributed by atoms with van der Waals surface area (Å²) in [6, 6.07) is 6.49. The van der Waals surface area contributed by atoms with Crippen LogP contribution in [0, 0.1) is 23.2 Å². The number of halogens is 1. The fourth-order valence-electron chi connectivity index (χ4n) is 8.76. The van der Waals surface area contributed by atoms with Crippen molar-refractivity contribution in [3.8, 4) is 0 Å². The molecule has 5 rings (SSSR count). The number of rotatable bonds is 8. The number of likely N-dealkylation sites (tertiary alicyclic amines) is 1. The van der Waals surface area contributed by atoms with Crippen molar-refractivity contribution < 1.29 is 38.5 Å². The lowest BCUT2D eigenvalue weighted by Crippen LogP contribution is -2.63. The third kappa shape index (κ3) is 7.57. The zero-order chi connectivity index (χ0) is 37.5. The Bertz CT molecular complexity index is 1540. The Hall–Kier alpha value is -3.06. The van der Waals surface area contributed by atoms with Gasteiger partial charge in [-0.15, -0.1) is 0 Å². The van der Waals surface area contributed by atoms with Gasteiger partial charge in [-0.3, -0.25) is 19.2 Å². The van der Waals surface area contributed by atoms with Crippen LogP contribution in [0.3, 0.4) is 0 Å². The molecule has 8 atom stereocenters. The number of fused-ring (bicyclic) bond motifs is 2. The number of cyclic esters (lactones) is 1. The first-order valence-corrected chi connectivity index (χ1v) is 18.8. The Morgan fingerprint density at radius 3 is 2.33 bits per heavy atom. The molecule has 3 amide bonds. The summed E-state index contributed by atoms with van der Waals surface area (Å²) in [6.45, 7) is 14.1. The van der Waals surface area contributed by atoms with Gasteiger partial charge in [-0.05, 0) is 49.7 Å². The van der Waals surface area contributed by atoms with E-state index in [1.165, 1.54) is 12.0 Å². The molecule has 4 aliphatic heterocycles. The lowest BCUT2D eigenvalue weighted by molar-refractivity contribution is -0.163. The molecule has 4 heterocycles. The molecule has 2 N–H and O–H groups in total. The van der Waals surface area contributed by atoms with Crippen molar-refractivity contribution in [2.45, 2.75) is 109 Å². The van der Waals surface area contributed by atoms with E-state index in [2.05, 4.69) is 42.0 Å². The topological polar surface area (TPSA) is 135 Å². The molecule has 0 saturated carbocycles. The number of aliphatic hydroxyl groups excluding tert-OH is 1. The minimum atomic E-state index is -1.50. The second-order valence-electron chi connectivity index (χ2n) is 16.5. The second-order valence-corrected chi connectivity index (χ2v) is 17.4. The van der Waals surface area contributed by atoms with Gasteiger partial charge in [0.25, 0.3) is 0 Å². The van der Waals surface area contributed by atoms with Crippen molar-refractivity contribution in [2.75, 3.05) is 26.9 Å². The highest BCUT2D eigenvalue weighted by molar-refractivity contribution is 9.11. The molecule has 0 aromatic heterocycles. The number of nitrogens with one attached hydrogen (secondary N) is 1. The number of carbonyl (C=O) groups is 4. The Kier molecular flexibility index (Phi) is 11.6. The highest BCUT2D eigenvalue weighted by atomic mass is 79.9. The number of nitrogens with zero attached hydrogens (tertiary/aromatic N) is 2. The third-order valence-corrected chi connectivity index (χ3v) is 11.2. The molecule has 1 aromatic carbocycles. The van der Waals surface area contributed by atoms with Gasteiger partial charge in [-0.1, -0.05) is 93.0 Å². The van der Waals surface area contributed by atoms with Gasteiger partial charge < -0.3 is 34.4 Å². The monoisotopic (exact) mass is 771 g/mol. The van der Waals surface area contributed by atoms with E-state index in [0.717, 1.165) is 0 Å². The number of aliphatic hydroxyl groups is 1. The van der Waals surface area contributed by atoms with Gasteiger partial charge in [0.1, 0.15) is 29.8 Å². The number of methoxy groups -OCH3 is 1. The number of esters is 1. The van der Waals surface area contributed by atoms with Gasteiger partial charge in [0.05, 0.1) is 31.2 Å². The highest BCUT2D eigenvalue weighted by Gasteiger charge is 2.76. The largest absolute Gasteiger partial charge is 0.455 e. The van der Waals surface area contributed by atoms with Crippen LogP contribution in [-0.2, 0) is 33.4 Å². The second kappa shape index (κ2) is 15.1. The van der Waals surface area contributed by atoms with Crippen molar-refractivity contribution in [2.24, 2.45) is 23.2 Å². The summed E-state index contributed by atoms with van der Waals surface area (Å²) in [5.41, 5.74) is -1.68. The number of amides is 3. The Morgan fingerprint density at radius 2 is 1.73 bits per heavy atom. The first kappa shape index (κ1) is 39.2. The molecular formula is C39H54BrN3O8. The van der Waals surface area contributed by atoms with Crippen molar-refractivity contribution >= 4 is 39.6 Å². The summed E-state index contributed by atoms with van der Waals surface area (Å²) in [7, 11) is 1.51. The quantitative estimate of drug-likeness (QED) is 0.288.